The molecule has 2 rings (SSSR count). The first kappa shape index (κ1) is 10.7. The lowest BCUT2D eigenvalue weighted by molar-refractivity contribution is -0.143. The lowest BCUT2D eigenvalue weighted by Crippen LogP contribution is -2.35. The number of carbonyl (C=O) groups is 1. The van der Waals surface area contributed by atoms with Gasteiger partial charge in [0.15, 0.2) is 0 Å². The number of benzene rings is 1. The molecule has 0 spiro atoms. The molecule has 1 aliphatic rings. The highest BCUT2D eigenvalue weighted by Crippen LogP contribution is 2.50. The van der Waals surface area contributed by atoms with E-state index in [9.17, 15) is 4.79 Å². The van der Waals surface area contributed by atoms with E-state index in [1.54, 1.807) is 0 Å². The van der Waals surface area contributed by atoms with Crippen LogP contribution >= 0.6 is 0 Å². The zero-order valence-electron chi connectivity index (χ0n) is 9.07. The van der Waals surface area contributed by atoms with E-state index < -0.39 is 5.54 Å². The van der Waals surface area contributed by atoms with Gasteiger partial charge in [0.25, 0.3) is 0 Å². The van der Waals surface area contributed by atoms with Crippen LogP contribution in [0, 0.1) is 12.3 Å². The fourth-order valence-electron chi connectivity index (χ4n) is 1.92. The van der Waals surface area contributed by atoms with Crippen LogP contribution in [0.2, 0.25) is 0 Å². The highest BCUT2D eigenvalue weighted by Gasteiger charge is 2.58. The third kappa shape index (κ3) is 1.58. The van der Waals surface area contributed by atoms with Crippen LogP contribution in [0.25, 0.3) is 0 Å². The molecular formula is C13H13NO2. The average molecular weight is 215 g/mol. The Morgan fingerprint density at radius 1 is 1.56 bits per heavy atom. The van der Waals surface area contributed by atoms with Crippen LogP contribution in [-0.2, 0) is 9.53 Å². The third-order valence-corrected chi connectivity index (χ3v) is 3.05. The van der Waals surface area contributed by atoms with Crippen LogP contribution in [-0.4, -0.2) is 18.6 Å². The zero-order chi connectivity index (χ0) is 11.8. The van der Waals surface area contributed by atoms with Gasteiger partial charge in [0.1, 0.15) is 5.54 Å². The van der Waals surface area contributed by atoms with Crippen LogP contribution in [0.15, 0.2) is 24.3 Å². The van der Waals surface area contributed by atoms with E-state index in [4.69, 9.17) is 12.2 Å². The molecule has 1 aliphatic carbocycles. The Bertz CT molecular complexity index is 458. The fraction of sp³-hybridized carbons (Fsp3) is 0.308. The van der Waals surface area contributed by atoms with Gasteiger partial charge >= 0.3 is 5.97 Å². The standard InChI is InChI=1S/C13H13NO2/c1-3-9-4-6-10(7-5-9)11-8-13(11,14)12(15)16-2/h1,4-7,11H,8,14H2,2H3/t11-,13+/m1/s1. The zero-order valence-corrected chi connectivity index (χ0v) is 9.07. The van der Waals surface area contributed by atoms with Crippen molar-refractivity contribution in [3.8, 4) is 12.3 Å². The van der Waals surface area contributed by atoms with Gasteiger partial charge in [-0.1, -0.05) is 18.1 Å². The van der Waals surface area contributed by atoms with Gasteiger partial charge in [0.05, 0.1) is 7.11 Å². The van der Waals surface area contributed by atoms with E-state index in [0.717, 1.165) is 11.1 Å². The first-order valence-electron chi connectivity index (χ1n) is 5.05. The van der Waals surface area contributed by atoms with E-state index in [2.05, 4.69) is 10.7 Å². The van der Waals surface area contributed by atoms with Crippen molar-refractivity contribution in [2.24, 2.45) is 5.73 Å². The first-order chi connectivity index (χ1) is 7.61. The molecule has 0 heterocycles. The minimum Gasteiger partial charge on any atom is -0.468 e. The SMILES string of the molecule is C#Cc1ccc([C@H]2C[C@@]2(N)C(=O)OC)cc1. The quantitative estimate of drug-likeness (QED) is 0.592. The maximum Gasteiger partial charge on any atom is 0.326 e. The molecule has 2 N–H and O–H groups in total. The van der Waals surface area contributed by atoms with Crippen LogP contribution in [0.1, 0.15) is 23.5 Å². The first-order valence-corrected chi connectivity index (χ1v) is 5.05. The highest BCUT2D eigenvalue weighted by atomic mass is 16.5. The molecule has 0 amide bonds. The second-order valence-electron chi connectivity index (χ2n) is 4.06. The van der Waals surface area contributed by atoms with E-state index in [1.807, 2.05) is 24.3 Å². The Kier molecular flexibility index (Phi) is 2.45. The number of hydrogen-bond donors (Lipinski definition) is 1. The Morgan fingerprint density at radius 2 is 2.19 bits per heavy atom. The van der Waals surface area contributed by atoms with Gasteiger partial charge in [-0.05, 0) is 24.1 Å². The molecule has 16 heavy (non-hydrogen) atoms. The number of hydrogen-bond acceptors (Lipinski definition) is 3. The van der Waals surface area contributed by atoms with Gasteiger partial charge in [0, 0.05) is 11.5 Å². The fourth-order valence-corrected chi connectivity index (χ4v) is 1.92. The number of carbonyl (C=O) groups excluding carboxylic acids is 1. The molecule has 1 aromatic rings. The minimum atomic E-state index is -0.841. The molecule has 3 nitrogen and oxygen atoms in total. The molecular weight excluding hydrogens is 202 g/mol. The molecule has 0 saturated heterocycles. The van der Waals surface area contributed by atoms with E-state index in [0.29, 0.717) is 6.42 Å². The van der Waals surface area contributed by atoms with Crippen LogP contribution < -0.4 is 5.73 Å². The largest absolute Gasteiger partial charge is 0.468 e. The van der Waals surface area contributed by atoms with Gasteiger partial charge in [-0.15, -0.1) is 6.42 Å². The summed E-state index contributed by atoms with van der Waals surface area (Å²) in [6.07, 6.45) is 5.90. The molecule has 0 aliphatic heterocycles. The Balaban J connectivity index is 2.17. The number of esters is 1. The number of methoxy groups -OCH3 is 1. The summed E-state index contributed by atoms with van der Waals surface area (Å²) >= 11 is 0. The van der Waals surface area contributed by atoms with E-state index in [-0.39, 0.29) is 11.9 Å². The Hall–Kier alpha value is -1.79. The van der Waals surface area contributed by atoms with Gasteiger partial charge in [-0.25, -0.2) is 0 Å². The Labute approximate surface area is 94.6 Å². The summed E-state index contributed by atoms with van der Waals surface area (Å²) in [7, 11) is 1.35. The molecule has 82 valence electrons. The molecule has 1 aromatic carbocycles. The summed E-state index contributed by atoms with van der Waals surface area (Å²) in [5.41, 5.74) is 6.95. The maximum absolute atomic E-state index is 11.4. The molecule has 3 heteroatoms. The van der Waals surface area contributed by atoms with E-state index >= 15 is 0 Å². The second kappa shape index (κ2) is 3.66. The molecule has 0 unspecified atom stereocenters. The summed E-state index contributed by atoms with van der Waals surface area (Å²) < 4.78 is 4.68. The number of rotatable bonds is 2. The topological polar surface area (TPSA) is 52.3 Å². The number of nitrogens with two attached hydrogens (primary N) is 1. The summed E-state index contributed by atoms with van der Waals surface area (Å²) in [4.78, 5) is 11.4. The van der Waals surface area contributed by atoms with Gasteiger partial charge in [-0.2, -0.15) is 0 Å². The number of terminal acetylenes is 1. The normalized spacial score (nSPS) is 26.9. The highest BCUT2D eigenvalue weighted by molar-refractivity contribution is 5.86. The molecule has 1 saturated carbocycles. The average Bonchev–Trinajstić information content (AvgIpc) is 3.02. The van der Waals surface area contributed by atoms with Crippen molar-refractivity contribution in [3.63, 3.8) is 0 Å². The lowest BCUT2D eigenvalue weighted by Gasteiger charge is -2.08. The summed E-state index contributed by atoms with van der Waals surface area (Å²) in [6, 6.07) is 7.53. The molecule has 0 bridgehead atoms. The monoisotopic (exact) mass is 215 g/mol. The summed E-state index contributed by atoms with van der Waals surface area (Å²) in [5, 5.41) is 0. The van der Waals surface area contributed by atoms with Gasteiger partial charge in [-0.3, -0.25) is 4.79 Å². The van der Waals surface area contributed by atoms with Gasteiger partial charge in [0.2, 0.25) is 0 Å². The van der Waals surface area contributed by atoms with Crippen molar-refractivity contribution in [1.82, 2.24) is 0 Å². The van der Waals surface area contributed by atoms with Crippen molar-refractivity contribution in [1.29, 1.82) is 0 Å². The van der Waals surface area contributed by atoms with Gasteiger partial charge < -0.3 is 10.5 Å². The lowest BCUT2D eigenvalue weighted by atomic mass is 10.0. The summed E-state index contributed by atoms with van der Waals surface area (Å²) in [5.74, 6) is 2.24. The maximum atomic E-state index is 11.4. The predicted molar refractivity (Wildman–Crippen MR) is 60.7 cm³/mol. The predicted octanol–water partition coefficient (Wildman–Crippen LogP) is 1.03. The van der Waals surface area contributed by atoms with Crippen molar-refractivity contribution >= 4 is 5.97 Å². The van der Waals surface area contributed by atoms with Crippen molar-refractivity contribution < 1.29 is 9.53 Å². The van der Waals surface area contributed by atoms with Crippen molar-refractivity contribution in [2.75, 3.05) is 7.11 Å². The van der Waals surface area contributed by atoms with Crippen LogP contribution in [0.4, 0.5) is 0 Å². The number of ether oxygens (including phenoxy) is 1. The van der Waals surface area contributed by atoms with Crippen LogP contribution in [0.5, 0.6) is 0 Å². The molecule has 0 radical (unpaired) electrons. The van der Waals surface area contributed by atoms with Crippen LogP contribution in [0.3, 0.4) is 0 Å². The smallest absolute Gasteiger partial charge is 0.326 e. The molecule has 2 atom stereocenters. The molecule has 1 fully saturated rings. The Morgan fingerprint density at radius 3 is 2.69 bits per heavy atom. The molecule has 0 aromatic heterocycles. The second-order valence-corrected chi connectivity index (χ2v) is 4.06. The van der Waals surface area contributed by atoms with E-state index in [1.165, 1.54) is 7.11 Å². The van der Waals surface area contributed by atoms with Crippen molar-refractivity contribution in [2.45, 2.75) is 17.9 Å². The minimum absolute atomic E-state index is 0.0479. The van der Waals surface area contributed by atoms with Crippen molar-refractivity contribution in [3.05, 3.63) is 35.4 Å². The third-order valence-electron chi connectivity index (χ3n) is 3.05. The summed E-state index contributed by atoms with van der Waals surface area (Å²) in [6.45, 7) is 0.